The van der Waals surface area contributed by atoms with Gasteiger partial charge in [-0.1, -0.05) is 24.6 Å². The van der Waals surface area contributed by atoms with Gasteiger partial charge >= 0.3 is 5.97 Å². The zero-order chi connectivity index (χ0) is 15.0. The molecule has 4 heteroatoms. The number of fused-ring (bicyclic) bond motifs is 1. The SMILES string of the molecule is C[C@@H]1CCC[C@H](C)N1Cc1c(C(=O)O)oc2ccccc12. The van der Waals surface area contributed by atoms with Crippen LogP contribution in [0.4, 0.5) is 0 Å². The van der Waals surface area contributed by atoms with Crippen LogP contribution in [0, 0.1) is 0 Å². The van der Waals surface area contributed by atoms with Gasteiger partial charge in [-0.3, -0.25) is 4.90 Å². The molecule has 112 valence electrons. The number of rotatable bonds is 3. The van der Waals surface area contributed by atoms with Gasteiger partial charge in [0.25, 0.3) is 0 Å². The van der Waals surface area contributed by atoms with Crippen LogP contribution in [0.1, 0.15) is 49.2 Å². The number of hydrogen-bond donors (Lipinski definition) is 1. The first-order valence-electron chi connectivity index (χ1n) is 7.57. The second-order valence-electron chi connectivity index (χ2n) is 6.01. The first-order chi connectivity index (χ1) is 10.1. The van der Waals surface area contributed by atoms with Crippen molar-refractivity contribution in [1.29, 1.82) is 0 Å². The summed E-state index contributed by atoms with van der Waals surface area (Å²) in [6.07, 6.45) is 3.59. The first kappa shape index (κ1) is 14.1. The molecular weight excluding hydrogens is 266 g/mol. The van der Waals surface area contributed by atoms with Gasteiger partial charge in [0.1, 0.15) is 5.58 Å². The Kier molecular flexibility index (Phi) is 3.72. The molecule has 1 aromatic carbocycles. The quantitative estimate of drug-likeness (QED) is 0.930. The van der Waals surface area contributed by atoms with E-state index in [9.17, 15) is 9.90 Å². The van der Waals surface area contributed by atoms with E-state index in [-0.39, 0.29) is 5.76 Å². The molecule has 1 aliphatic heterocycles. The molecule has 2 aromatic rings. The monoisotopic (exact) mass is 287 g/mol. The average Bonchev–Trinajstić information content (AvgIpc) is 2.82. The predicted octanol–water partition coefficient (Wildman–Crippen LogP) is 3.89. The molecule has 1 aliphatic rings. The van der Waals surface area contributed by atoms with Crippen LogP contribution in [0.3, 0.4) is 0 Å². The molecule has 0 bridgehead atoms. The molecule has 0 amide bonds. The molecule has 1 N–H and O–H groups in total. The van der Waals surface area contributed by atoms with Gasteiger partial charge < -0.3 is 9.52 Å². The van der Waals surface area contributed by atoms with E-state index in [0.717, 1.165) is 10.9 Å². The molecule has 1 saturated heterocycles. The highest BCUT2D eigenvalue weighted by atomic mass is 16.4. The van der Waals surface area contributed by atoms with E-state index in [0.29, 0.717) is 24.2 Å². The topological polar surface area (TPSA) is 53.7 Å². The molecule has 2 atom stereocenters. The van der Waals surface area contributed by atoms with Gasteiger partial charge in [0.2, 0.25) is 5.76 Å². The number of para-hydroxylation sites is 1. The smallest absolute Gasteiger partial charge is 0.372 e. The summed E-state index contributed by atoms with van der Waals surface area (Å²) in [7, 11) is 0. The van der Waals surface area contributed by atoms with Crippen molar-refractivity contribution >= 4 is 16.9 Å². The standard InChI is InChI=1S/C17H21NO3/c1-11-6-5-7-12(2)18(11)10-14-13-8-3-4-9-15(13)21-16(14)17(19)20/h3-4,8-9,11-12H,5-7,10H2,1-2H3,(H,19,20)/t11-,12+. The summed E-state index contributed by atoms with van der Waals surface area (Å²) in [5.74, 6) is -0.903. The van der Waals surface area contributed by atoms with Crippen LogP contribution in [0.2, 0.25) is 0 Å². The Balaban J connectivity index is 2.02. The number of carboxylic acid groups (broad SMARTS) is 1. The molecule has 3 rings (SSSR count). The Morgan fingerprint density at radius 2 is 1.95 bits per heavy atom. The van der Waals surface area contributed by atoms with Crippen LogP contribution in [0.15, 0.2) is 28.7 Å². The van der Waals surface area contributed by atoms with Gasteiger partial charge in [0.05, 0.1) is 0 Å². The molecule has 21 heavy (non-hydrogen) atoms. The average molecular weight is 287 g/mol. The maximum absolute atomic E-state index is 11.5. The molecule has 1 aromatic heterocycles. The van der Waals surface area contributed by atoms with Crippen LogP contribution in [0.25, 0.3) is 11.0 Å². The fourth-order valence-electron chi connectivity index (χ4n) is 3.40. The van der Waals surface area contributed by atoms with Gasteiger partial charge in [-0.2, -0.15) is 0 Å². The normalized spacial score (nSPS) is 23.5. The Morgan fingerprint density at radius 3 is 2.62 bits per heavy atom. The van der Waals surface area contributed by atoms with E-state index in [1.54, 1.807) is 0 Å². The van der Waals surface area contributed by atoms with Crippen molar-refractivity contribution in [2.24, 2.45) is 0 Å². The zero-order valence-corrected chi connectivity index (χ0v) is 12.5. The second-order valence-corrected chi connectivity index (χ2v) is 6.01. The van der Waals surface area contributed by atoms with Crippen LogP contribution >= 0.6 is 0 Å². The summed E-state index contributed by atoms with van der Waals surface area (Å²) in [6.45, 7) is 5.08. The zero-order valence-electron chi connectivity index (χ0n) is 12.5. The first-order valence-corrected chi connectivity index (χ1v) is 7.57. The predicted molar refractivity (Wildman–Crippen MR) is 81.5 cm³/mol. The van der Waals surface area contributed by atoms with Crippen LogP contribution in [-0.4, -0.2) is 28.1 Å². The maximum atomic E-state index is 11.5. The van der Waals surface area contributed by atoms with E-state index in [2.05, 4.69) is 18.7 Å². The lowest BCUT2D eigenvalue weighted by molar-refractivity contribution is 0.0651. The summed E-state index contributed by atoms with van der Waals surface area (Å²) >= 11 is 0. The van der Waals surface area contributed by atoms with Crippen LogP contribution < -0.4 is 0 Å². The third-order valence-electron chi connectivity index (χ3n) is 4.61. The number of furan rings is 1. The van der Waals surface area contributed by atoms with Crippen LogP contribution in [0.5, 0.6) is 0 Å². The highest BCUT2D eigenvalue weighted by Crippen LogP contribution is 2.31. The molecular formula is C17H21NO3. The number of hydrogen-bond acceptors (Lipinski definition) is 3. The highest BCUT2D eigenvalue weighted by molar-refractivity contribution is 5.95. The number of carbonyl (C=O) groups is 1. The number of aromatic carboxylic acids is 1. The second kappa shape index (κ2) is 5.53. The Bertz CT molecular complexity index is 651. The van der Waals surface area contributed by atoms with Crippen molar-refractivity contribution in [2.75, 3.05) is 0 Å². The van der Waals surface area contributed by atoms with E-state index >= 15 is 0 Å². The minimum Gasteiger partial charge on any atom is -0.475 e. The van der Waals surface area contributed by atoms with E-state index in [1.807, 2.05) is 24.3 Å². The van der Waals surface area contributed by atoms with Crippen molar-refractivity contribution in [2.45, 2.75) is 51.7 Å². The molecule has 0 saturated carbocycles. The third kappa shape index (κ3) is 2.56. The number of benzene rings is 1. The molecule has 0 unspecified atom stereocenters. The molecule has 4 nitrogen and oxygen atoms in total. The largest absolute Gasteiger partial charge is 0.475 e. The number of piperidine rings is 1. The molecule has 2 heterocycles. The van der Waals surface area contributed by atoms with Gasteiger partial charge in [-0.15, -0.1) is 0 Å². The van der Waals surface area contributed by atoms with E-state index < -0.39 is 5.97 Å². The summed E-state index contributed by atoms with van der Waals surface area (Å²) in [5, 5.41) is 10.3. The minimum absolute atomic E-state index is 0.0844. The lowest BCUT2D eigenvalue weighted by Gasteiger charge is -2.38. The summed E-state index contributed by atoms with van der Waals surface area (Å²) in [5.41, 5.74) is 1.46. The molecule has 1 fully saturated rings. The number of likely N-dealkylation sites (tertiary alicyclic amines) is 1. The third-order valence-corrected chi connectivity index (χ3v) is 4.61. The van der Waals surface area contributed by atoms with Crippen molar-refractivity contribution in [3.05, 3.63) is 35.6 Å². The fraction of sp³-hybridized carbons (Fsp3) is 0.471. The summed E-state index contributed by atoms with van der Waals surface area (Å²) in [6, 6.07) is 8.52. The highest BCUT2D eigenvalue weighted by Gasteiger charge is 2.28. The van der Waals surface area contributed by atoms with Gasteiger partial charge in [-0.25, -0.2) is 4.79 Å². The Hall–Kier alpha value is -1.81. The van der Waals surface area contributed by atoms with Gasteiger partial charge in [0, 0.05) is 29.6 Å². The summed E-state index contributed by atoms with van der Waals surface area (Å²) in [4.78, 5) is 13.9. The molecule has 0 radical (unpaired) electrons. The molecule has 0 spiro atoms. The summed E-state index contributed by atoms with van der Waals surface area (Å²) < 4.78 is 5.55. The fourth-order valence-corrected chi connectivity index (χ4v) is 3.40. The minimum atomic E-state index is -0.987. The lowest BCUT2D eigenvalue weighted by atomic mass is 9.96. The van der Waals surface area contributed by atoms with Crippen molar-refractivity contribution in [3.63, 3.8) is 0 Å². The van der Waals surface area contributed by atoms with Crippen molar-refractivity contribution < 1.29 is 14.3 Å². The van der Waals surface area contributed by atoms with Gasteiger partial charge in [-0.05, 0) is 32.8 Å². The number of nitrogens with zero attached hydrogens (tertiary/aromatic N) is 1. The van der Waals surface area contributed by atoms with E-state index in [1.165, 1.54) is 19.3 Å². The van der Waals surface area contributed by atoms with Gasteiger partial charge in [0.15, 0.2) is 0 Å². The van der Waals surface area contributed by atoms with Crippen molar-refractivity contribution in [1.82, 2.24) is 4.90 Å². The van der Waals surface area contributed by atoms with E-state index in [4.69, 9.17) is 4.42 Å². The maximum Gasteiger partial charge on any atom is 0.372 e. The van der Waals surface area contributed by atoms with Crippen LogP contribution in [-0.2, 0) is 6.54 Å². The number of carboxylic acids is 1. The van der Waals surface area contributed by atoms with Crippen molar-refractivity contribution in [3.8, 4) is 0 Å². The lowest BCUT2D eigenvalue weighted by Crippen LogP contribution is -2.43. The molecule has 0 aliphatic carbocycles. The Morgan fingerprint density at radius 1 is 1.29 bits per heavy atom. The Labute approximate surface area is 124 Å².